The number of carbonyl (C=O) groups excluding carboxylic acids is 1. The van der Waals surface area contributed by atoms with E-state index in [4.69, 9.17) is 4.74 Å². The summed E-state index contributed by atoms with van der Waals surface area (Å²) in [6, 6.07) is 8.75. The lowest BCUT2D eigenvalue weighted by Crippen LogP contribution is -2.41. The summed E-state index contributed by atoms with van der Waals surface area (Å²) in [5.41, 5.74) is 2.26. The molecular formula is C21H31N3O2. The molecule has 2 aliphatic heterocycles. The van der Waals surface area contributed by atoms with Crippen LogP contribution in [0.25, 0.3) is 0 Å². The first kappa shape index (κ1) is 17.8. The van der Waals surface area contributed by atoms with Gasteiger partial charge in [-0.1, -0.05) is 6.07 Å². The van der Waals surface area contributed by atoms with Gasteiger partial charge in [0.2, 0.25) is 5.91 Å². The molecule has 0 radical (unpaired) electrons. The maximum absolute atomic E-state index is 12.4. The number of benzene rings is 1. The van der Waals surface area contributed by atoms with Crippen molar-refractivity contribution in [3.63, 3.8) is 0 Å². The highest BCUT2D eigenvalue weighted by Crippen LogP contribution is 2.43. The summed E-state index contributed by atoms with van der Waals surface area (Å²) in [4.78, 5) is 14.8. The van der Waals surface area contributed by atoms with Crippen LogP contribution in [-0.4, -0.2) is 43.3 Å². The molecule has 142 valence electrons. The summed E-state index contributed by atoms with van der Waals surface area (Å²) in [5, 5.41) is 6.64. The minimum atomic E-state index is 0.0702. The lowest BCUT2D eigenvalue weighted by molar-refractivity contribution is -0.116. The summed E-state index contributed by atoms with van der Waals surface area (Å²) < 4.78 is 5.98. The quantitative estimate of drug-likeness (QED) is 0.820. The highest BCUT2D eigenvalue weighted by molar-refractivity contribution is 5.91. The molecule has 1 aliphatic carbocycles. The fraction of sp³-hybridized carbons (Fsp3) is 0.667. The van der Waals surface area contributed by atoms with Crippen LogP contribution < -0.4 is 15.5 Å². The van der Waals surface area contributed by atoms with Crippen molar-refractivity contribution in [2.45, 2.75) is 69.6 Å². The number of hydrogen-bond donors (Lipinski definition) is 2. The second-order valence-electron chi connectivity index (χ2n) is 8.31. The molecule has 5 heteroatoms. The Balaban J connectivity index is 1.25. The average Bonchev–Trinajstić information content (AvgIpc) is 3.24. The van der Waals surface area contributed by atoms with E-state index in [1.54, 1.807) is 0 Å². The van der Waals surface area contributed by atoms with Gasteiger partial charge in [-0.05, 0) is 63.6 Å². The molecule has 1 aromatic carbocycles. The molecular weight excluding hydrogens is 326 g/mol. The summed E-state index contributed by atoms with van der Waals surface area (Å²) in [6.45, 7) is 5.10. The van der Waals surface area contributed by atoms with E-state index >= 15 is 0 Å². The Labute approximate surface area is 156 Å². The van der Waals surface area contributed by atoms with Gasteiger partial charge in [-0.3, -0.25) is 4.79 Å². The summed E-state index contributed by atoms with van der Waals surface area (Å²) >= 11 is 0. The molecule has 2 unspecified atom stereocenters. The van der Waals surface area contributed by atoms with Crippen molar-refractivity contribution in [1.29, 1.82) is 0 Å². The molecule has 3 fully saturated rings. The second-order valence-corrected chi connectivity index (χ2v) is 8.31. The van der Waals surface area contributed by atoms with Crippen LogP contribution in [0.1, 0.15) is 51.9 Å². The maximum Gasteiger partial charge on any atom is 0.225 e. The fourth-order valence-electron chi connectivity index (χ4n) is 4.58. The predicted octanol–water partition coefficient (Wildman–Crippen LogP) is 3.31. The van der Waals surface area contributed by atoms with Gasteiger partial charge in [0.05, 0.1) is 12.2 Å². The van der Waals surface area contributed by atoms with Gasteiger partial charge in [0.15, 0.2) is 0 Å². The van der Waals surface area contributed by atoms with Gasteiger partial charge in [0, 0.05) is 43.0 Å². The first-order valence-corrected chi connectivity index (χ1v) is 10.2. The minimum absolute atomic E-state index is 0.0702. The van der Waals surface area contributed by atoms with Crippen molar-refractivity contribution in [3.05, 3.63) is 24.3 Å². The third-order valence-corrected chi connectivity index (χ3v) is 6.09. The predicted molar refractivity (Wildman–Crippen MR) is 105 cm³/mol. The highest BCUT2D eigenvalue weighted by atomic mass is 16.5. The van der Waals surface area contributed by atoms with Crippen LogP contribution in [0.2, 0.25) is 0 Å². The normalized spacial score (nSPS) is 25.3. The standard InChI is InChI=1S/C21H31N3O2/c1-16(22-18-14-21(26-15-18)8-5-9-21)12-20(25)23-17-6-4-7-19(13-17)24-10-2-3-11-24/h4,6-7,13,16,18,22H,2-3,5,8-12,14-15H2,1H3,(H,23,25). The van der Waals surface area contributed by atoms with Crippen LogP contribution in [-0.2, 0) is 9.53 Å². The van der Waals surface area contributed by atoms with Gasteiger partial charge in [0.1, 0.15) is 0 Å². The van der Waals surface area contributed by atoms with Crippen molar-refractivity contribution >= 4 is 17.3 Å². The molecule has 2 heterocycles. The lowest BCUT2D eigenvalue weighted by Gasteiger charge is -2.37. The topological polar surface area (TPSA) is 53.6 Å². The second kappa shape index (κ2) is 7.57. The molecule has 1 aromatic rings. The van der Waals surface area contributed by atoms with Crippen molar-refractivity contribution in [2.24, 2.45) is 0 Å². The number of nitrogens with zero attached hydrogens (tertiary/aromatic N) is 1. The number of rotatable bonds is 6. The molecule has 2 atom stereocenters. The van der Waals surface area contributed by atoms with Crippen LogP contribution in [0.5, 0.6) is 0 Å². The third-order valence-electron chi connectivity index (χ3n) is 6.09. The Hall–Kier alpha value is -1.59. The highest BCUT2D eigenvalue weighted by Gasteiger charge is 2.45. The molecule has 5 nitrogen and oxygen atoms in total. The smallest absolute Gasteiger partial charge is 0.225 e. The monoisotopic (exact) mass is 357 g/mol. The van der Waals surface area contributed by atoms with Crippen molar-refractivity contribution < 1.29 is 9.53 Å². The van der Waals surface area contributed by atoms with Gasteiger partial charge in [-0.2, -0.15) is 0 Å². The molecule has 26 heavy (non-hydrogen) atoms. The zero-order valence-corrected chi connectivity index (χ0v) is 15.8. The molecule has 0 bridgehead atoms. The number of carbonyl (C=O) groups is 1. The molecule has 3 aliphatic rings. The number of nitrogens with one attached hydrogen (secondary N) is 2. The van der Waals surface area contributed by atoms with E-state index in [2.05, 4.69) is 34.6 Å². The van der Waals surface area contributed by atoms with Crippen molar-refractivity contribution in [3.8, 4) is 0 Å². The largest absolute Gasteiger partial charge is 0.373 e. The first-order chi connectivity index (χ1) is 12.6. The molecule has 1 amide bonds. The van der Waals surface area contributed by atoms with E-state index in [0.29, 0.717) is 12.5 Å². The van der Waals surface area contributed by atoms with Crippen molar-refractivity contribution in [1.82, 2.24) is 5.32 Å². The Morgan fingerprint density at radius 3 is 2.81 bits per heavy atom. The van der Waals surface area contributed by atoms with E-state index in [1.807, 2.05) is 12.1 Å². The van der Waals surface area contributed by atoms with Gasteiger partial charge < -0.3 is 20.3 Å². The fourth-order valence-corrected chi connectivity index (χ4v) is 4.58. The molecule has 2 saturated heterocycles. The summed E-state index contributed by atoms with van der Waals surface area (Å²) in [7, 11) is 0. The van der Waals surface area contributed by atoms with Gasteiger partial charge in [-0.25, -0.2) is 0 Å². The molecule has 4 rings (SSSR count). The molecule has 0 aromatic heterocycles. The van der Waals surface area contributed by atoms with E-state index in [0.717, 1.165) is 31.8 Å². The number of anilines is 2. The molecule has 1 saturated carbocycles. The van der Waals surface area contributed by atoms with E-state index in [9.17, 15) is 4.79 Å². The van der Waals surface area contributed by atoms with Crippen LogP contribution in [0, 0.1) is 0 Å². The zero-order chi connectivity index (χ0) is 18.0. The van der Waals surface area contributed by atoms with Crippen molar-refractivity contribution in [2.75, 3.05) is 29.9 Å². The van der Waals surface area contributed by atoms with E-state index in [-0.39, 0.29) is 17.6 Å². The van der Waals surface area contributed by atoms with Crippen LogP contribution in [0.3, 0.4) is 0 Å². The third kappa shape index (κ3) is 4.04. The Bertz CT molecular complexity index is 638. The Morgan fingerprint density at radius 1 is 1.31 bits per heavy atom. The maximum atomic E-state index is 12.4. The summed E-state index contributed by atoms with van der Waals surface area (Å²) in [6.07, 6.45) is 7.79. The Kier molecular flexibility index (Phi) is 5.18. The average molecular weight is 357 g/mol. The minimum Gasteiger partial charge on any atom is -0.373 e. The molecule has 1 spiro atoms. The van der Waals surface area contributed by atoms with E-state index < -0.39 is 0 Å². The van der Waals surface area contributed by atoms with Gasteiger partial charge in [-0.15, -0.1) is 0 Å². The van der Waals surface area contributed by atoms with E-state index in [1.165, 1.54) is 37.8 Å². The number of ether oxygens (including phenoxy) is 1. The summed E-state index contributed by atoms with van der Waals surface area (Å²) in [5.74, 6) is 0.0702. The zero-order valence-electron chi connectivity index (χ0n) is 15.8. The van der Waals surface area contributed by atoms with Crippen LogP contribution in [0.4, 0.5) is 11.4 Å². The van der Waals surface area contributed by atoms with Crippen LogP contribution in [0.15, 0.2) is 24.3 Å². The van der Waals surface area contributed by atoms with Crippen LogP contribution >= 0.6 is 0 Å². The number of hydrogen-bond acceptors (Lipinski definition) is 4. The first-order valence-electron chi connectivity index (χ1n) is 10.2. The number of amides is 1. The molecule has 2 N–H and O–H groups in total. The SMILES string of the molecule is CC(CC(=O)Nc1cccc(N2CCCC2)c1)NC1COC2(CCC2)C1. The van der Waals surface area contributed by atoms with Gasteiger partial charge >= 0.3 is 0 Å². The Morgan fingerprint density at radius 2 is 2.12 bits per heavy atom. The van der Waals surface area contributed by atoms with Gasteiger partial charge in [0.25, 0.3) is 0 Å². The lowest BCUT2D eigenvalue weighted by atomic mass is 9.77.